The molecule has 1 aromatic heterocycles. The molecular weight excluding hydrogens is 582 g/mol. The highest BCUT2D eigenvalue weighted by Crippen LogP contribution is 2.26. The number of sulfonamides is 1. The van der Waals surface area contributed by atoms with Crippen molar-refractivity contribution in [3.05, 3.63) is 94.5 Å². The Morgan fingerprint density at radius 1 is 0.932 bits per heavy atom. The van der Waals surface area contributed by atoms with Gasteiger partial charge in [-0.2, -0.15) is 9.71 Å². The van der Waals surface area contributed by atoms with Crippen LogP contribution in [0.3, 0.4) is 0 Å². The first-order valence-corrected chi connectivity index (χ1v) is 15.9. The third-order valence-electron chi connectivity index (χ3n) is 7.67. The molecule has 1 heterocycles. The second kappa shape index (κ2) is 13.3. The summed E-state index contributed by atoms with van der Waals surface area (Å²) in [6.07, 6.45) is 3.09. The number of hydrogen-bond donors (Lipinski definition) is 3. The number of carbonyl (C=O) groups excluding carboxylic acids is 1. The van der Waals surface area contributed by atoms with Gasteiger partial charge in [0, 0.05) is 43.7 Å². The van der Waals surface area contributed by atoms with Gasteiger partial charge in [0.25, 0.3) is 5.69 Å². The lowest BCUT2D eigenvalue weighted by Crippen LogP contribution is -2.51. The quantitative estimate of drug-likeness (QED) is 0.167. The fourth-order valence-electron chi connectivity index (χ4n) is 5.37. The number of rotatable bonds is 11. The molecule has 13 heteroatoms. The summed E-state index contributed by atoms with van der Waals surface area (Å²) in [6, 6.07) is 20.5. The Morgan fingerprint density at radius 3 is 2.23 bits per heavy atom. The van der Waals surface area contributed by atoms with Gasteiger partial charge in [0.05, 0.1) is 15.3 Å². The van der Waals surface area contributed by atoms with Crippen LogP contribution in [0.25, 0.3) is 10.9 Å². The van der Waals surface area contributed by atoms with Crippen molar-refractivity contribution < 1.29 is 18.1 Å². The molecule has 1 aliphatic carbocycles. The van der Waals surface area contributed by atoms with Gasteiger partial charge in [-0.05, 0) is 61.9 Å². The van der Waals surface area contributed by atoms with Gasteiger partial charge in [0.1, 0.15) is 11.9 Å². The van der Waals surface area contributed by atoms with E-state index in [1.165, 1.54) is 0 Å². The zero-order chi connectivity index (χ0) is 31.3. The maximum atomic E-state index is 13.5. The number of nitrogens with zero attached hydrogens (tertiary/aromatic N) is 4. The molecule has 1 atom stereocenters. The number of anilines is 2. The van der Waals surface area contributed by atoms with E-state index >= 15 is 0 Å². The van der Waals surface area contributed by atoms with Crippen LogP contribution in [0.4, 0.5) is 17.5 Å². The van der Waals surface area contributed by atoms with Crippen molar-refractivity contribution >= 4 is 44.3 Å². The van der Waals surface area contributed by atoms with E-state index in [0.717, 1.165) is 59.4 Å². The van der Waals surface area contributed by atoms with Crippen LogP contribution >= 0.6 is 0 Å². The molecular formula is C31H35N7O5S. The molecule has 0 radical (unpaired) electrons. The lowest BCUT2D eigenvalue weighted by molar-refractivity contribution is -0.384. The highest BCUT2D eigenvalue weighted by Gasteiger charge is 2.30. The number of hydrogen-bond acceptors (Lipinski definition) is 9. The Hall–Kier alpha value is -4.62. The molecule has 0 saturated heterocycles. The summed E-state index contributed by atoms with van der Waals surface area (Å²) >= 11 is 0. The molecule has 0 spiro atoms. The summed E-state index contributed by atoms with van der Waals surface area (Å²) in [5.41, 5.74) is 1.42. The second-order valence-electron chi connectivity index (χ2n) is 11.1. The molecule has 44 heavy (non-hydrogen) atoms. The van der Waals surface area contributed by atoms with Gasteiger partial charge >= 0.3 is 0 Å². The first-order valence-electron chi connectivity index (χ1n) is 14.4. The minimum absolute atomic E-state index is 0.125. The normalized spacial score (nSPS) is 17.5. The molecule has 0 bridgehead atoms. The Bertz CT molecular complexity index is 1730. The fourth-order valence-corrected chi connectivity index (χ4v) is 6.57. The third kappa shape index (κ3) is 7.47. The largest absolute Gasteiger partial charge is 0.362 e. The van der Waals surface area contributed by atoms with Crippen molar-refractivity contribution in [2.24, 2.45) is 0 Å². The van der Waals surface area contributed by atoms with Gasteiger partial charge in [-0.3, -0.25) is 14.9 Å². The molecule has 1 amide bonds. The van der Waals surface area contributed by atoms with E-state index in [9.17, 15) is 23.3 Å². The first-order chi connectivity index (χ1) is 21.1. The lowest BCUT2D eigenvalue weighted by atomic mass is 9.91. The van der Waals surface area contributed by atoms with E-state index in [1.807, 2.05) is 73.6 Å². The highest BCUT2D eigenvalue weighted by molar-refractivity contribution is 7.89. The molecule has 5 rings (SSSR count). The molecule has 1 aliphatic rings. The Labute approximate surface area is 256 Å². The number of non-ortho nitro benzene ring substituents is 1. The van der Waals surface area contributed by atoms with E-state index < -0.39 is 26.9 Å². The van der Waals surface area contributed by atoms with Crippen LogP contribution in [0.5, 0.6) is 0 Å². The molecule has 12 nitrogen and oxygen atoms in total. The third-order valence-corrected chi connectivity index (χ3v) is 9.16. The fraction of sp³-hybridized carbons (Fsp3) is 0.323. The molecule has 0 unspecified atom stereocenters. The van der Waals surface area contributed by atoms with E-state index in [4.69, 9.17) is 9.97 Å². The van der Waals surface area contributed by atoms with Crippen molar-refractivity contribution in [1.82, 2.24) is 20.0 Å². The zero-order valence-corrected chi connectivity index (χ0v) is 25.3. The van der Waals surface area contributed by atoms with E-state index in [2.05, 4.69) is 15.4 Å². The van der Waals surface area contributed by atoms with Crippen LogP contribution in [0, 0.1) is 10.1 Å². The number of carbonyl (C=O) groups is 1. The monoisotopic (exact) mass is 617 g/mol. The van der Waals surface area contributed by atoms with Crippen LogP contribution in [-0.2, 0) is 21.2 Å². The molecule has 1 saturated carbocycles. The van der Waals surface area contributed by atoms with E-state index in [0.29, 0.717) is 18.8 Å². The van der Waals surface area contributed by atoms with Gasteiger partial charge in [-0.15, -0.1) is 0 Å². The zero-order valence-electron chi connectivity index (χ0n) is 24.5. The van der Waals surface area contributed by atoms with E-state index in [-0.39, 0.29) is 29.1 Å². The molecule has 230 valence electrons. The topological polar surface area (TPSA) is 159 Å². The van der Waals surface area contributed by atoms with Gasteiger partial charge < -0.3 is 15.5 Å². The SMILES string of the molecule is CN(C)c1nc(NC2CCC(NC(=O)[C@H](Cc3ccccc3)NS(=O)(=O)c3ccc([N+](=O)[O-])cc3)CC2)nc2ccccc12. The summed E-state index contributed by atoms with van der Waals surface area (Å²) in [6.45, 7) is 0. The standard InChI is InChI=1S/C31H35N7O5S/c1-37(2)29-26-10-6-7-11-27(26)34-31(35-29)33-23-14-12-22(13-15-23)32-30(39)28(20-21-8-4-3-5-9-21)36-44(42,43)25-18-16-24(17-19-25)38(40)41/h3-11,16-19,22-23,28,36H,12-15,20H2,1-2H3,(H,32,39)(H,33,34,35)/t22?,23?,28-/m0/s1. The van der Waals surface area contributed by atoms with Crippen LogP contribution < -0.4 is 20.3 Å². The van der Waals surface area contributed by atoms with Crippen molar-refractivity contribution in [3.63, 3.8) is 0 Å². The molecule has 3 aromatic carbocycles. The Balaban J connectivity index is 1.24. The Morgan fingerprint density at radius 2 is 1.57 bits per heavy atom. The predicted molar refractivity (Wildman–Crippen MR) is 169 cm³/mol. The summed E-state index contributed by atoms with van der Waals surface area (Å²) in [7, 11) is -0.242. The van der Waals surface area contributed by atoms with Crippen molar-refractivity contribution in [2.45, 2.75) is 55.1 Å². The number of nitro groups is 1. The number of aromatic nitrogens is 2. The summed E-state index contributed by atoms with van der Waals surface area (Å²) in [5, 5.41) is 18.5. The maximum Gasteiger partial charge on any atom is 0.269 e. The van der Waals surface area contributed by atoms with Gasteiger partial charge in [-0.1, -0.05) is 42.5 Å². The van der Waals surface area contributed by atoms with Crippen molar-refractivity contribution in [1.29, 1.82) is 0 Å². The van der Waals surface area contributed by atoms with Crippen molar-refractivity contribution in [2.75, 3.05) is 24.3 Å². The smallest absolute Gasteiger partial charge is 0.269 e. The molecule has 4 aromatic rings. The minimum atomic E-state index is -4.14. The van der Waals surface area contributed by atoms with Gasteiger partial charge in [-0.25, -0.2) is 13.4 Å². The number of nitrogens with one attached hydrogen (secondary N) is 3. The lowest BCUT2D eigenvalue weighted by Gasteiger charge is -2.31. The average molecular weight is 618 g/mol. The number of amides is 1. The number of para-hydroxylation sites is 1. The van der Waals surface area contributed by atoms with Crippen molar-refractivity contribution in [3.8, 4) is 0 Å². The molecule has 1 fully saturated rings. The predicted octanol–water partition coefficient (Wildman–Crippen LogP) is 4.03. The number of nitro benzene ring substituents is 1. The van der Waals surface area contributed by atoms with Gasteiger partial charge in [0.15, 0.2) is 0 Å². The first kappa shape index (κ1) is 30.8. The maximum absolute atomic E-state index is 13.5. The van der Waals surface area contributed by atoms with Crippen LogP contribution in [0.1, 0.15) is 31.2 Å². The number of benzene rings is 3. The molecule has 3 N–H and O–H groups in total. The Kier molecular flexibility index (Phi) is 9.35. The van der Waals surface area contributed by atoms with E-state index in [1.54, 1.807) is 0 Å². The average Bonchev–Trinajstić information content (AvgIpc) is 3.01. The molecule has 0 aliphatic heterocycles. The van der Waals surface area contributed by atoms with Crippen LogP contribution in [0.15, 0.2) is 83.8 Å². The van der Waals surface area contributed by atoms with Crippen LogP contribution in [0.2, 0.25) is 0 Å². The summed E-state index contributed by atoms with van der Waals surface area (Å²) < 4.78 is 28.9. The minimum Gasteiger partial charge on any atom is -0.362 e. The second-order valence-corrected chi connectivity index (χ2v) is 12.8. The highest BCUT2D eigenvalue weighted by atomic mass is 32.2. The van der Waals surface area contributed by atoms with Crippen LogP contribution in [-0.4, -0.2) is 61.4 Å². The van der Waals surface area contributed by atoms with Gasteiger partial charge in [0.2, 0.25) is 21.9 Å². The number of fused-ring (bicyclic) bond motifs is 1. The summed E-state index contributed by atoms with van der Waals surface area (Å²) in [5.74, 6) is 0.965. The summed E-state index contributed by atoms with van der Waals surface area (Å²) in [4.78, 5) is 35.1.